The van der Waals surface area contributed by atoms with Crippen molar-refractivity contribution in [2.24, 2.45) is 5.73 Å². The van der Waals surface area contributed by atoms with E-state index in [4.69, 9.17) is 5.73 Å². The molecule has 2 heterocycles. The molecule has 0 spiro atoms. The summed E-state index contributed by atoms with van der Waals surface area (Å²) in [6.45, 7) is 0.434. The van der Waals surface area contributed by atoms with E-state index in [1.807, 2.05) is 0 Å². The van der Waals surface area contributed by atoms with Crippen molar-refractivity contribution in [3.05, 3.63) is 59.9 Å². The summed E-state index contributed by atoms with van der Waals surface area (Å²) in [7, 11) is 0. The van der Waals surface area contributed by atoms with Crippen LogP contribution in [0.1, 0.15) is 23.3 Å². The maximum atomic E-state index is 12.9. The molecule has 3 aromatic rings. The summed E-state index contributed by atoms with van der Waals surface area (Å²) in [5.41, 5.74) is 6.80. The molecule has 0 saturated carbocycles. The molecule has 7 nitrogen and oxygen atoms in total. The second kappa shape index (κ2) is 5.17. The van der Waals surface area contributed by atoms with Gasteiger partial charge in [0.15, 0.2) is 5.82 Å². The van der Waals surface area contributed by atoms with Gasteiger partial charge >= 0.3 is 0 Å². The van der Waals surface area contributed by atoms with Crippen LogP contribution in [0.5, 0.6) is 0 Å². The van der Waals surface area contributed by atoms with Crippen LogP contribution in [0.3, 0.4) is 0 Å². The molecule has 0 fully saturated rings. The van der Waals surface area contributed by atoms with Gasteiger partial charge in [-0.05, 0) is 17.7 Å². The number of rotatable bonds is 4. The molecule has 0 amide bonds. The number of nitrogens with zero attached hydrogens (tertiary/aromatic N) is 5. The Bertz CT molecular complexity index is 674. The highest BCUT2D eigenvalue weighted by Gasteiger charge is 2.14. The van der Waals surface area contributed by atoms with Gasteiger partial charge < -0.3 is 5.73 Å². The van der Waals surface area contributed by atoms with Gasteiger partial charge in [-0.25, -0.2) is 19.0 Å². The molecule has 0 aliphatic heterocycles. The van der Waals surface area contributed by atoms with Crippen LogP contribution in [-0.4, -0.2) is 29.9 Å². The maximum absolute atomic E-state index is 12.9. The zero-order valence-corrected chi connectivity index (χ0v) is 10.4. The first kappa shape index (κ1) is 12.4. The SMILES string of the molecule is N[C@H](c1ccc(F)cc1)c1n[nH]c(Cn2cncn2)n1. The van der Waals surface area contributed by atoms with E-state index < -0.39 is 6.04 Å². The van der Waals surface area contributed by atoms with Crippen LogP contribution in [-0.2, 0) is 6.54 Å². The van der Waals surface area contributed by atoms with Crippen LogP contribution in [0.2, 0.25) is 0 Å². The first-order chi connectivity index (χ1) is 9.72. The molecular formula is C12H12FN7. The fourth-order valence-electron chi connectivity index (χ4n) is 1.81. The summed E-state index contributed by atoms with van der Waals surface area (Å²) in [6, 6.07) is 5.45. The monoisotopic (exact) mass is 273 g/mol. The summed E-state index contributed by atoms with van der Waals surface area (Å²) in [5, 5.41) is 10.9. The minimum Gasteiger partial charge on any atom is -0.318 e. The predicted octanol–water partition coefficient (Wildman–Crippen LogP) is 0.632. The highest BCUT2D eigenvalue weighted by molar-refractivity contribution is 5.24. The average molecular weight is 273 g/mol. The lowest BCUT2D eigenvalue weighted by atomic mass is 10.1. The van der Waals surface area contributed by atoms with Crippen molar-refractivity contribution in [2.75, 3.05) is 0 Å². The molecule has 102 valence electrons. The number of hydrogen-bond donors (Lipinski definition) is 2. The molecule has 0 unspecified atom stereocenters. The van der Waals surface area contributed by atoms with E-state index in [0.29, 0.717) is 18.2 Å². The molecule has 3 N–H and O–H groups in total. The number of benzene rings is 1. The molecule has 8 heteroatoms. The van der Waals surface area contributed by atoms with Crippen molar-refractivity contribution >= 4 is 0 Å². The van der Waals surface area contributed by atoms with Gasteiger partial charge in [-0.1, -0.05) is 12.1 Å². The predicted molar refractivity (Wildman–Crippen MR) is 67.9 cm³/mol. The number of hydrogen-bond acceptors (Lipinski definition) is 5. The minimum absolute atomic E-state index is 0.303. The number of aromatic amines is 1. The highest BCUT2D eigenvalue weighted by atomic mass is 19.1. The summed E-state index contributed by atoms with van der Waals surface area (Å²) in [6.07, 6.45) is 3.03. The Morgan fingerprint density at radius 2 is 2.10 bits per heavy atom. The topological polar surface area (TPSA) is 98.3 Å². The first-order valence-electron chi connectivity index (χ1n) is 5.97. The van der Waals surface area contributed by atoms with Crippen molar-refractivity contribution in [3.63, 3.8) is 0 Å². The zero-order valence-electron chi connectivity index (χ0n) is 10.4. The number of aromatic nitrogens is 6. The van der Waals surface area contributed by atoms with Gasteiger partial charge in [-0.2, -0.15) is 10.2 Å². The van der Waals surface area contributed by atoms with Crippen LogP contribution in [0.15, 0.2) is 36.9 Å². The van der Waals surface area contributed by atoms with Gasteiger partial charge in [0.1, 0.15) is 30.8 Å². The van der Waals surface area contributed by atoms with Gasteiger partial charge in [-0.15, -0.1) is 0 Å². The quantitative estimate of drug-likeness (QED) is 0.726. The largest absolute Gasteiger partial charge is 0.318 e. The fraction of sp³-hybridized carbons (Fsp3) is 0.167. The maximum Gasteiger partial charge on any atom is 0.171 e. The van der Waals surface area contributed by atoms with Gasteiger partial charge in [0.25, 0.3) is 0 Å². The molecule has 1 aromatic carbocycles. The lowest BCUT2D eigenvalue weighted by Crippen LogP contribution is -2.13. The Labute approximate surface area is 113 Å². The molecule has 0 aliphatic carbocycles. The third-order valence-electron chi connectivity index (χ3n) is 2.83. The Hall–Kier alpha value is -2.61. The van der Waals surface area contributed by atoms with Crippen molar-refractivity contribution < 1.29 is 4.39 Å². The molecule has 3 rings (SSSR count). The van der Waals surface area contributed by atoms with E-state index in [9.17, 15) is 4.39 Å². The average Bonchev–Trinajstić information content (AvgIpc) is 3.11. The van der Waals surface area contributed by atoms with Crippen LogP contribution < -0.4 is 5.73 Å². The number of nitrogens with one attached hydrogen (secondary N) is 1. The molecule has 0 bridgehead atoms. The minimum atomic E-state index is -0.503. The van der Waals surface area contributed by atoms with E-state index in [2.05, 4.69) is 25.3 Å². The number of H-pyrrole nitrogens is 1. The van der Waals surface area contributed by atoms with Crippen LogP contribution in [0.4, 0.5) is 4.39 Å². The summed E-state index contributed by atoms with van der Waals surface area (Å²) < 4.78 is 14.5. The number of nitrogens with two attached hydrogens (primary N) is 1. The fourth-order valence-corrected chi connectivity index (χ4v) is 1.81. The molecule has 0 saturated heterocycles. The van der Waals surface area contributed by atoms with Gasteiger partial charge in [-0.3, -0.25) is 5.10 Å². The normalized spacial score (nSPS) is 12.5. The molecule has 0 radical (unpaired) electrons. The molecule has 20 heavy (non-hydrogen) atoms. The van der Waals surface area contributed by atoms with Gasteiger partial charge in [0.05, 0.1) is 6.04 Å². The third-order valence-corrected chi connectivity index (χ3v) is 2.83. The molecule has 2 aromatic heterocycles. The Morgan fingerprint density at radius 3 is 2.80 bits per heavy atom. The number of halogens is 1. The van der Waals surface area contributed by atoms with Crippen LogP contribution >= 0.6 is 0 Å². The standard InChI is InChI=1S/C12H12FN7/c13-9-3-1-8(2-4-9)11(14)12-17-10(18-19-12)5-20-7-15-6-16-20/h1-4,6-7,11H,5,14H2,(H,17,18,19)/t11-/m1/s1. The van der Waals surface area contributed by atoms with E-state index in [0.717, 1.165) is 5.56 Å². The van der Waals surface area contributed by atoms with Crippen LogP contribution in [0.25, 0.3) is 0 Å². The van der Waals surface area contributed by atoms with E-state index >= 15 is 0 Å². The zero-order chi connectivity index (χ0) is 13.9. The van der Waals surface area contributed by atoms with Crippen LogP contribution in [0, 0.1) is 5.82 Å². The Kier molecular flexibility index (Phi) is 3.21. The van der Waals surface area contributed by atoms with Crippen molar-refractivity contribution in [1.29, 1.82) is 0 Å². The van der Waals surface area contributed by atoms with Crippen molar-refractivity contribution in [3.8, 4) is 0 Å². The molecule has 1 atom stereocenters. The summed E-state index contributed by atoms with van der Waals surface area (Å²) in [4.78, 5) is 8.16. The second-order valence-electron chi connectivity index (χ2n) is 4.26. The van der Waals surface area contributed by atoms with Crippen molar-refractivity contribution in [2.45, 2.75) is 12.6 Å². The highest BCUT2D eigenvalue weighted by Crippen LogP contribution is 2.16. The lowest BCUT2D eigenvalue weighted by molar-refractivity contribution is 0.626. The van der Waals surface area contributed by atoms with E-state index in [1.165, 1.54) is 18.5 Å². The third kappa shape index (κ3) is 2.54. The summed E-state index contributed by atoms with van der Waals surface area (Å²) >= 11 is 0. The Morgan fingerprint density at radius 1 is 1.30 bits per heavy atom. The van der Waals surface area contributed by atoms with Gasteiger partial charge in [0, 0.05) is 0 Å². The smallest absolute Gasteiger partial charge is 0.171 e. The van der Waals surface area contributed by atoms with E-state index in [1.54, 1.807) is 23.1 Å². The molecular weight excluding hydrogens is 261 g/mol. The first-order valence-corrected chi connectivity index (χ1v) is 5.97. The summed E-state index contributed by atoms with van der Waals surface area (Å²) in [5.74, 6) is 0.776. The Balaban J connectivity index is 1.77. The van der Waals surface area contributed by atoms with E-state index in [-0.39, 0.29) is 5.82 Å². The van der Waals surface area contributed by atoms with Crippen molar-refractivity contribution in [1.82, 2.24) is 29.9 Å². The second-order valence-corrected chi connectivity index (χ2v) is 4.26. The molecule has 0 aliphatic rings. The lowest BCUT2D eigenvalue weighted by Gasteiger charge is -2.07. The van der Waals surface area contributed by atoms with Gasteiger partial charge in [0.2, 0.25) is 0 Å².